The molecule has 0 radical (unpaired) electrons. The number of rotatable bonds is 7. The quantitative estimate of drug-likeness (QED) is 0.161. The second kappa shape index (κ2) is 17.2. The predicted molar refractivity (Wildman–Crippen MR) is 266 cm³/mol. The van der Waals surface area contributed by atoms with Gasteiger partial charge in [-0.05, 0) is 124 Å². The maximum Gasteiger partial charge on any atom is 0.148 e. The standard InChI is InChI=1S/C58H56N5O.Pt/c1-37-27-28-60-53-47(37)31-42(58(8,9)10)32-48(53)38-29-39(36-59-35-38)49-33-46(62(43-17-13-11-14-18-43)44-19-15-12-16-20-44)34-51-54(49)61-55(50-30-41(57(5,6)7)23-26-52(50)64)63(51)45-24-21-40(22-25-45)56(2,3)4;/h11-28,30-36,64H,1-10H3;/q-1;. The van der Waals surface area contributed by atoms with Crippen LogP contribution in [-0.4, -0.2) is 24.6 Å². The molecule has 0 saturated heterocycles. The molecule has 6 nitrogen and oxygen atoms in total. The Balaban J connectivity index is 0.00000576. The zero-order chi connectivity index (χ0) is 45.1. The minimum atomic E-state index is -0.166. The van der Waals surface area contributed by atoms with Crippen LogP contribution >= 0.6 is 0 Å². The van der Waals surface area contributed by atoms with E-state index in [4.69, 9.17) is 15.0 Å². The van der Waals surface area contributed by atoms with Gasteiger partial charge in [0, 0.05) is 55.5 Å². The van der Waals surface area contributed by atoms with Crippen LogP contribution < -0.4 is 4.90 Å². The molecule has 0 amide bonds. The molecular weight excluding hydrogens is 978 g/mol. The van der Waals surface area contributed by atoms with Gasteiger partial charge in [0.15, 0.2) is 0 Å². The third-order valence-corrected chi connectivity index (χ3v) is 12.3. The minimum absolute atomic E-state index is 0. The molecule has 1 N–H and O–H groups in total. The molecule has 0 saturated carbocycles. The van der Waals surface area contributed by atoms with Gasteiger partial charge in [0.2, 0.25) is 0 Å². The number of imidazole rings is 1. The Bertz CT molecular complexity index is 3130. The number of phenolic OH excluding ortho intramolecular Hbond substituents is 1. The van der Waals surface area contributed by atoms with Gasteiger partial charge in [0.25, 0.3) is 0 Å². The van der Waals surface area contributed by atoms with Crippen molar-refractivity contribution < 1.29 is 26.2 Å². The Labute approximate surface area is 398 Å². The second-order valence-electron chi connectivity index (χ2n) is 20.1. The van der Waals surface area contributed by atoms with Crippen LogP contribution in [0.3, 0.4) is 0 Å². The van der Waals surface area contributed by atoms with E-state index in [9.17, 15) is 5.11 Å². The van der Waals surface area contributed by atoms with E-state index < -0.39 is 0 Å². The van der Waals surface area contributed by atoms with Crippen molar-refractivity contribution in [3.05, 3.63) is 180 Å². The van der Waals surface area contributed by atoms with E-state index >= 15 is 0 Å². The van der Waals surface area contributed by atoms with Gasteiger partial charge in [-0.2, -0.15) is 0 Å². The SMILES string of the molecule is Cc1ccnc2c(-c3[c-]c(-c4cc(N(c5ccccc5)c5ccccc5)cc5c4nc(-c4cc(C(C)(C)C)ccc4O)n5-c4ccc(C(C)(C)C)cc4)cnc3)cc(C(C)(C)C)cc12.[Pt]. The number of nitrogens with zero attached hydrogens (tertiary/aromatic N) is 5. The zero-order valence-corrected chi connectivity index (χ0v) is 41.2. The summed E-state index contributed by atoms with van der Waals surface area (Å²) in [4.78, 5) is 17.7. The van der Waals surface area contributed by atoms with Crippen molar-refractivity contribution in [2.24, 2.45) is 0 Å². The molecule has 0 bridgehead atoms. The fraction of sp³-hybridized carbons (Fsp3) is 0.224. The molecule has 0 atom stereocenters. The number of fused-ring (bicyclic) bond motifs is 2. The smallest absolute Gasteiger partial charge is 0.148 e. The summed E-state index contributed by atoms with van der Waals surface area (Å²) in [5.41, 5.74) is 15.0. The Morgan fingerprint density at radius 1 is 0.554 bits per heavy atom. The molecule has 0 aliphatic rings. The van der Waals surface area contributed by atoms with Crippen LogP contribution in [0.15, 0.2) is 152 Å². The number of aromatic hydroxyl groups is 1. The van der Waals surface area contributed by atoms with Gasteiger partial charge in [-0.25, -0.2) is 4.98 Å². The number of para-hydroxylation sites is 2. The monoisotopic (exact) mass is 1030 g/mol. The minimum Gasteiger partial charge on any atom is -0.507 e. The van der Waals surface area contributed by atoms with Gasteiger partial charge in [0.05, 0.1) is 16.6 Å². The van der Waals surface area contributed by atoms with E-state index in [1.165, 1.54) is 16.7 Å². The third kappa shape index (κ3) is 8.77. The Kier molecular flexibility index (Phi) is 12.0. The van der Waals surface area contributed by atoms with Crippen LogP contribution in [0.5, 0.6) is 5.75 Å². The first-order valence-corrected chi connectivity index (χ1v) is 22.2. The molecule has 9 aromatic rings. The molecule has 0 aliphatic carbocycles. The van der Waals surface area contributed by atoms with Crippen LogP contribution in [0.1, 0.15) is 84.6 Å². The van der Waals surface area contributed by atoms with Crippen LogP contribution in [0, 0.1) is 13.0 Å². The molecule has 7 heteroatoms. The Morgan fingerprint density at radius 3 is 1.69 bits per heavy atom. The Morgan fingerprint density at radius 2 is 1.11 bits per heavy atom. The molecule has 3 heterocycles. The molecule has 0 fully saturated rings. The number of phenols is 1. The number of pyridine rings is 2. The molecule has 0 spiro atoms. The largest absolute Gasteiger partial charge is 0.507 e. The van der Waals surface area contributed by atoms with Crippen molar-refractivity contribution in [3.63, 3.8) is 0 Å². The van der Waals surface area contributed by atoms with Crippen LogP contribution in [-0.2, 0) is 37.3 Å². The number of aryl methyl sites for hydroxylation is 1. The average Bonchev–Trinajstić information content (AvgIpc) is 3.65. The molecule has 65 heavy (non-hydrogen) atoms. The normalized spacial score (nSPS) is 12.1. The molecule has 3 aromatic heterocycles. The first-order chi connectivity index (χ1) is 30.5. The maximum absolute atomic E-state index is 11.8. The van der Waals surface area contributed by atoms with Crippen molar-refractivity contribution in [2.45, 2.75) is 85.5 Å². The number of benzene rings is 6. The number of hydrogen-bond donors (Lipinski definition) is 1. The third-order valence-electron chi connectivity index (χ3n) is 12.3. The molecule has 0 unspecified atom stereocenters. The Hall–Kier alpha value is -6.36. The summed E-state index contributed by atoms with van der Waals surface area (Å²) < 4.78 is 2.20. The van der Waals surface area contributed by atoms with Crippen molar-refractivity contribution >= 4 is 39.0 Å². The average molecular weight is 1030 g/mol. The first kappa shape index (κ1) is 45.2. The summed E-state index contributed by atoms with van der Waals surface area (Å²) in [5.74, 6) is 0.801. The van der Waals surface area contributed by atoms with E-state index in [-0.39, 0.29) is 43.1 Å². The first-order valence-electron chi connectivity index (χ1n) is 22.2. The van der Waals surface area contributed by atoms with Crippen LogP contribution in [0.2, 0.25) is 0 Å². The van der Waals surface area contributed by atoms with E-state index in [2.05, 4.69) is 194 Å². The zero-order valence-electron chi connectivity index (χ0n) is 38.9. The van der Waals surface area contributed by atoms with Gasteiger partial charge in [0.1, 0.15) is 11.6 Å². The van der Waals surface area contributed by atoms with Gasteiger partial charge in [-0.1, -0.05) is 157 Å². The summed E-state index contributed by atoms with van der Waals surface area (Å²) in [6, 6.07) is 50.5. The number of hydrogen-bond acceptors (Lipinski definition) is 5. The molecule has 0 aliphatic heterocycles. The molecule has 6 aromatic carbocycles. The molecule has 9 rings (SSSR count). The molecular formula is C58H56N5OPt-. The van der Waals surface area contributed by atoms with E-state index in [0.29, 0.717) is 11.4 Å². The second-order valence-corrected chi connectivity index (χ2v) is 20.1. The van der Waals surface area contributed by atoms with Crippen molar-refractivity contribution in [3.8, 4) is 45.1 Å². The maximum atomic E-state index is 11.8. The fourth-order valence-electron chi connectivity index (χ4n) is 8.53. The van der Waals surface area contributed by atoms with Crippen LogP contribution in [0.25, 0.3) is 61.3 Å². The number of anilines is 3. The number of aromatic nitrogens is 4. The van der Waals surface area contributed by atoms with Crippen molar-refractivity contribution in [2.75, 3.05) is 4.90 Å². The fourth-order valence-corrected chi connectivity index (χ4v) is 8.53. The summed E-state index contributed by atoms with van der Waals surface area (Å²) in [6.45, 7) is 22.1. The van der Waals surface area contributed by atoms with Crippen molar-refractivity contribution in [1.82, 2.24) is 19.5 Å². The predicted octanol–water partition coefficient (Wildman–Crippen LogP) is 15.1. The van der Waals surface area contributed by atoms with Gasteiger partial charge >= 0.3 is 0 Å². The van der Waals surface area contributed by atoms with E-state index in [1.807, 2.05) is 36.8 Å². The summed E-state index contributed by atoms with van der Waals surface area (Å²) in [7, 11) is 0. The van der Waals surface area contributed by atoms with Crippen molar-refractivity contribution in [1.29, 1.82) is 0 Å². The summed E-state index contributed by atoms with van der Waals surface area (Å²) in [5, 5.41) is 12.9. The van der Waals surface area contributed by atoms with Crippen LogP contribution in [0.4, 0.5) is 17.1 Å². The van der Waals surface area contributed by atoms with Gasteiger partial charge in [-0.3, -0.25) is 9.55 Å². The molecule has 330 valence electrons. The van der Waals surface area contributed by atoms with Gasteiger partial charge < -0.3 is 15.0 Å². The summed E-state index contributed by atoms with van der Waals surface area (Å²) in [6.07, 6.45) is 5.67. The topological polar surface area (TPSA) is 67.1 Å². The van der Waals surface area contributed by atoms with Gasteiger partial charge in [-0.15, -0.1) is 6.07 Å². The van der Waals surface area contributed by atoms with E-state index in [1.54, 1.807) is 6.07 Å². The van der Waals surface area contributed by atoms with E-state index in [0.717, 1.165) is 72.5 Å². The summed E-state index contributed by atoms with van der Waals surface area (Å²) >= 11 is 0.